The largest absolute Gasteiger partial charge is 0.508 e. The molecule has 2 aromatic carbocycles. The monoisotopic (exact) mass is 485 g/mol. The Bertz CT molecular complexity index is 899. The summed E-state index contributed by atoms with van der Waals surface area (Å²) < 4.78 is 5.78. The number of carbonyl (C=O) groups is 1. The lowest BCUT2D eigenvalue weighted by atomic mass is 10.00. The smallest absolute Gasteiger partial charge is 0.221 e. The van der Waals surface area contributed by atoms with Crippen molar-refractivity contribution >= 4 is 11.6 Å². The van der Waals surface area contributed by atoms with Crippen LogP contribution in [0.15, 0.2) is 36.4 Å². The molecule has 1 amide bonds. The number of amides is 1. The third kappa shape index (κ3) is 11.7. The molecular formula is C29H43NO5. The van der Waals surface area contributed by atoms with Crippen LogP contribution in [0.1, 0.15) is 93.1 Å². The van der Waals surface area contributed by atoms with E-state index in [1.165, 1.54) is 25.0 Å². The van der Waals surface area contributed by atoms with Crippen molar-refractivity contribution in [2.75, 3.05) is 18.5 Å². The zero-order valence-corrected chi connectivity index (χ0v) is 21.4. The fourth-order valence-corrected chi connectivity index (χ4v) is 4.27. The molecule has 0 saturated carbocycles. The number of hydrogen-bond acceptors (Lipinski definition) is 5. The standard InChI is InChI=1S/C29H43NO5/c1-22-17-24(19-27(18-22)30-23(2)32)11-8-10-16-35-15-9-6-4-3-5-7-12-28(33)25-13-14-29(34)26(20-25)21-31/h13-14,17-20,28,31,33-34H,3-12,15-16,21H2,1-2H3,(H,30,32). The zero-order valence-electron chi connectivity index (χ0n) is 21.4. The summed E-state index contributed by atoms with van der Waals surface area (Å²) in [6, 6.07) is 11.1. The van der Waals surface area contributed by atoms with E-state index < -0.39 is 6.10 Å². The van der Waals surface area contributed by atoms with Crippen LogP contribution in [0.5, 0.6) is 5.75 Å². The van der Waals surface area contributed by atoms with E-state index in [4.69, 9.17) is 4.74 Å². The average Bonchev–Trinajstić information content (AvgIpc) is 2.81. The molecule has 0 aromatic heterocycles. The van der Waals surface area contributed by atoms with Crippen LogP contribution in [0.3, 0.4) is 0 Å². The van der Waals surface area contributed by atoms with E-state index >= 15 is 0 Å². The Kier molecular flexibility index (Phi) is 13.4. The minimum atomic E-state index is -0.556. The van der Waals surface area contributed by atoms with E-state index in [0.717, 1.165) is 81.4 Å². The maximum absolute atomic E-state index is 11.3. The van der Waals surface area contributed by atoms with Crippen LogP contribution in [0.2, 0.25) is 0 Å². The van der Waals surface area contributed by atoms with Crippen molar-refractivity contribution in [3.05, 3.63) is 58.7 Å². The lowest BCUT2D eigenvalue weighted by Gasteiger charge is -2.12. The minimum absolute atomic E-state index is 0.0441. The molecule has 0 bridgehead atoms. The highest BCUT2D eigenvalue weighted by atomic mass is 16.5. The molecule has 6 heteroatoms. The Morgan fingerprint density at radius 3 is 2.34 bits per heavy atom. The maximum atomic E-state index is 11.3. The van der Waals surface area contributed by atoms with Crippen LogP contribution in [0.25, 0.3) is 0 Å². The number of ether oxygens (including phenoxy) is 1. The SMILES string of the molecule is CC(=O)Nc1cc(C)cc(CCCCOCCCCCCCCC(O)c2ccc(O)c(CO)c2)c1. The summed E-state index contributed by atoms with van der Waals surface area (Å²) in [5.41, 5.74) is 4.48. The van der Waals surface area contributed by atoms with E-state index in [0.29, 0.717) is 12.0 Å². The number of anilines is 1. The van der Waals surface area contributed by atoms with Gasteiger partial charge in [-0.25, -0.2) is 0 Å². The number of phenols is 1. The molecular weight excluding hydrogens is 442 g/mol. The second kappa shape index (κ2) is 16.3. The summed E-state index contributed by atoms with van der Waals surface area (Å²) >= 11 is 0. The summed E-state index contributed by atoms with van der Waals surface area (Å²) in [7, 11) is 0. The Morgan fingerprint density at radius 2 is 1.63 bits per heavy atom. The topological polar surface area (TPSA) is 99.0 Å². The second-order valence-corrected chi connectivity index (χ2v) is 9.43. The normalized spacial score (nSPS) is 12.0. The van der Waals surface area contributed by atoms with Crippen molar-refractivity contribution in [3.8, 4) is 5.75 Å². The van der Waals surface area contributed by atoms with Gasteiger partial charge in [0.05, 0.1) is 12.7 Å². The van der Waals surface area contributed by atoms with E-state index in [1.807, 2.05) is 13.0 Å². The Labute approximate surface area is 210 Å². The Hall–Kier alpha value is -2.41. The number of unbranched alkanes of at least 4 members (excludes halogenated alkanes) is 6. The first-order valence-corrected chi connectivity index (χ1v) is 13.0. The molecule has 0 aliphatic rings. The molecule has 0 fully saturated rings. The molecule has 0 aliphatic carbocycles. The molecule has 2 rings (SSSR count). The zero-order chi connectivity index (χ0) is 25.5. The van der Waals surface area contributed by atoms with Crippen molar-refractivity contribution in [2.24, 2.45) is 0 Å². The molecule has 0 heterocycles. The first kappa shape index (κ1) is 28.8. The molecule has 194 valence electrons. The number of nitrogens with one attached hydrogen (secondary N) is 1. The highest BCUT2D eigenvalue weighted by Gasteiger charge is 2.10. The van der Waals surface area contributed by atoms with Gasteiger partial charge < -0.3 is 25.4 Å². The van der Waals surface area contributed by atoms with E-state index in [-0.39, 0.29) is 18.3 Å². The predicted molar refractivity (Wildman–Crippen MR) is 141 cm³/mol. The average molecular weight is 486 g/mol. The van der Waals surface area contributed by atoms with Gasteiger partial charge in [0.2, 0.25) is 5.91 Å². The quantitative estimate of drug-likeness (QED) is 0.207. The van der Waals surface area contributed by atoms with Gasteiger partial charge in [-0.05, 0) is 80.0 Å². The molecule has 1 atom stereocenters. The minimum Gasteiger partial charge on any atom is -0.508 e. The van der Waals surface area contributed by atoms with Crippen LogP contribution in [0, 0.1) is 6.92 Å². The third-order valence-corrected chi connectivity index (χ3v) is 6.14. The number of hydrogen-bond donors (Lipinski definition) is 4. The maximum Gasteiger partial charge on any atom is 0.221 e. The Morgan fingerprint density at radius 1 is 0.943 bits per heavy atom. The van der Waals surface area contributed by atoms with Gasteiger partial charge in [-0.3, -0.25) is 4.79 Å². The van der Waals surface area contributed by atoms with Crippen molar-refractivity contribution in [1.29, 1.82) is 0 Å². The molecule has 35 heavy (non-hydrogen) atoms. The van der Waals surface area contributed by atoms with Crippen LogP contribution in [0.4, 0.5) is 5.69 Å². The molecule has 6 nitrogen and oxygen atoms in total. The van der Waals surface area contributed by atoms with Crippen LogP contribution < -0.4 is 5.32 Å². The predicted octanol–water partition coefficient (Wildman–Crippen LogP) is 5.95. The van der Waals surface area contributed by atoms with Crippen LogP contribution >= 0.6 is 0 Å². The summed E-state index contributed by atoms with van der Waals surface area (Å²) in [6.07, 6.45) is 9.85. The summed E-state index contributed by atoms with van der Waals surface area (Å²) in [5, 5.41) is 32.0. The van der Waals surface area contributed by atoms with Crippen molar-refractivity contribution in [1.82, 2.24) is 0 Å². The van der Waals surface area contributed by atoms with Crippen molar-refractivity contribution in [2.45, 2.75) is 90.8 Å². The highest BCUT2D eigenvalue weighted by Crippen LogP contribution is 2.25. The highest BCUT2D eigenvalue weighted by molar-refractivity contribution is 5.88. The fraction of sp³-hybridized carbons (Fsp3) is 0.552. The first-order valence-electron chi connectivity index (χ1n) is 13.0. The van der Waals surface area contributed by atoms with Gasteiger partial charge in [-0.1, -0.05) is 44.2 Å². The molecule has 2 aromatic rings. The summed E-state index contributed by atoms with van der Waals surface area (Å²) in [4.78, 5) is 11.3. The van der Waals surface area contributed by atoms with Crippen LogP contribution in [-0.2, 0) is 22.6 Å². The second-order valence-electron chi connectivity index (χ2n) is 9.43. The van der Waals surface area contributed by atoms with Crippen molar-refractivity contribution in [3.63, 3.8) is 0 Å². The lowest BCUT2D eigenvalue weighted by Crippen LogP contribution is -2.06. The van der Waals surface area contributed by atoms with Crippen molar-refractivity contribution < 1.29 is 24.9 Å². The van der Waals surface area contributed by atoms with Gasteiger partial charge in [-0.2, -0.15) is 0 Å². The van der Waals surface area contributed by atoms with Gasteiger partial charge in [-0.15, -0.1) is 0 Å². The fourth-order valence-electron chi connectivity index (χ4n) is 4.27. The number of carbonyl (C=O) groups excluding carboxylic acids is 1. The molecule has 4 N–H and O–H groups in total. The number of aliphatic hydroxyl groups is 2. The summed E-state index contributed by atoms with van der Waals surface area (Å²) in [5.74, 6) is 0.0188. The molecule has 0 aliphatic heterocycles. The number of aromatic hydroxyl groups is 1. The van der Waals surface area contributed by atoms with Gasteiger partial charge in [0.25, 0.3) is 0 Å². The lowest BCUT2D eigenvalue weighted by molar-refractivity contribution is -0.114. The van der Waals surface area contributed by atoms with E-state index in [2.05, 4.69) is 17.4 Å². The number of rotatable bonds is 17. The van der Waals surface area contributed by atoms with Gasteiger partial charge in [0.15, 0.2) is 0 Å². The number of benzene rings is 2. The molecule has 1 unspecified atom stereocenters. The number of aliphatic hydroxyl groups excluding tert-OH is 2. The molecule has 0 saturated heterocycles. The number of aryl methyl sites for hydroxylation is 2. The van der Waals surface area contributed by atoms with Gasteiger partial charge in [0, 0.05) is 31.4 Å². The van der Waals surface area contributed by atoms with Crippen LogP contribution in [-0.4, -0.2) is 34.4 Å². The van der Waals surface area contributed by atoms with Gasteiger partial charge >= 0.3 is 0 Å². The molecule has 0 radical (unpaired) electrons. The van der Waals surface area contributed by atoms with Gasteiger partial charge in [0.1, 0.15) is 5.75 Å². The molecule has 0 spiro atoms. The Balaban J connectivity index is 1.44. The van der Waals surface area contributed by atoms with E-state index in [9.17, 15) is 20.1 Å². The van der Waals surface area contributed by atoms with E-state index in [1.54, 1.807) is 12.1 Å². The first-order chi connectivity index (χ1) is 16.9. The third-order valence-electron chi connectivity index (χ3n) is 6.14. The summed E-state index contributed by atoms with van der Waals surface area (Å²) in [6.45, 7) is 4.95.